The Morgan fingerprint density at radius 2 is 1.75 bits per heavy atom. The lowest BCUT2D eigenvalue weighted by molar-refractivity contribution is -0.137. The Hall–Kier alpha value is -3.81. The van der Waals surface area contributed by atoms with Gasteiger partial charge in [-0.2, -0.15) is 18.4 Å². The Kier molecular flexibility index (Phi) is 8.07. The van der Waals surface area contributed by atoms with E-state index in [0.29, 0.717) is 22.9 Å². The molecule has 0 aliphatic rings. The summed E-state index contributed by atoms with van der Waals surface area (Å²) in [5, 5.41) is 31.7. The van der Waals surface area contributed by atoms with E-state index in [1.807, 2.05) is 30.3 Å². The summed E-state index contributed by atoms with van der Waals surface area (Å²) in [6.07, 6.45) is -4.43. The maximum absolute atomic E-state index is 13.2. The topological polar surface area (TPSA) is 110 Å². The highest BCUT2D eigenvalue weighted by atomic mass is 32.2. The molecule has 0 saturated heterocycles. The summed E-state index contributed by atoms with van der Waals surface area (Å²) in [5.74, 6) is -2.41. The number of alkyl halides is 3. The number of rotatable bonds is 8. The number of aromatic carboxylic acids is 1. The van der Waals surface area contributed by atoms with E-state index in [2.05, 4.69) is 5.32 Å². The molecule has 10 heteroatoms. The van der Waals surface area contributed by atoms with Crippen molar-refractivity contribution in [2.45, 2.75) is 30.0 Å². The van der Waals surface area contributed by atoms with E-state index in [4.69, 9.17) is 5.26 Å². The smallest absolute Gasteiger partial charge is 0.417 e. The second-order valence-electron chi connectivity index (χ2n) is 8.14. The minimum Gasteiger partial charge on any atom is -0.478 e. The quantitative estimate of drug-likeness (QED) is 0.350. The molecule has 3 aromatic rings. The number of hydrogen-bond donors (Lipinski definition) is 3. The number of carboxylic acid groups (broad SMARTS) is 1. The number of amides is 1. The molecule has 3 aromatic carbocycles. The van der Waals surface area contributed by atoms with Crippen molar-refractivity contribution in [2.75, 3.05) is 11.1 Å². The van der Waals surface area contributed by atoms with Crippen LogP contribution in [0.5, 0.6) is 0 Å². The van der Waals surface area contributed by atoms with E-state index >= 15 is 0 Å². The van der Waals surface area contributed by atoms with E-state index in [9.17, 15) is 33.0 Å². The number of benzene rings is 3. The Morgan fingerprint density at radius 1 is 1.06 bits per heavy atom. The highest BCUT2D eigenvalue weighted by Crippen LogP contribution is 2.34. The molecule has 0 aliphatic heterocycles. The number of halogens is 3. The molecule has 0 aromatic heterocycles. The fourth-order valence-corrected chi connectivity index (χ4v) is 4.51. The van der Waals surface area contributed by atoms with Crippen LogP contribution in [0.1, 0.15) is 39.5 Å². The van der Waals surface area contributed by atoms with Gasteiger partial charge < -0.3 is 15.5 Å². The van der Waals surface area contributed by atoms with Gasteiger partial charge in [-0.3, -0.25) is 4.79 Å². The van der Waals surface area contributed by atoms with E-state index < -0.39 is 34.8 Å². The molecule has 3 rings (SSSR count). The van der Waals surface area contributed by atoms with Crippen LogP contribution in [-0.4, -0.2) is 33.4 Å². The molecule has 0 heterocycles. The average Bonchev–Trinajstić information content (AvgIpc) is 2.82. The lowest BCUT2D eigenvalue weighted by atomic mass is 10.00. The Labute approximate surface area is 209 Å². The summed E-state index contributed by atoms with van der Waals surface area (Å²) >= 11 is 0.945. The molecule has 1 amide bonds. The van der Waals surface area contributed by atoms with Crippen LogP contribution in [0.2, 0.25) is 0 Å². The second-order valence-corrected chi connectivity index (χ2v) is 9.16. The van der Waals surface area contributed by atoms with Gasteiger partial charge in [-0.15, -0.1) is 11.8 Å². The first-order chi connectivity index (χ1) is 16.9. The van der Waals surface area contributed by atoms with Gasteiger partial charge in [-0.05, 0) is 48.7 Å². The number of nitrogens with zero attached hydrogens (tertiary/aromatic N) is 1. The van der Waals surface area contributed by atoms with Gasteiger partial charge in [0.05, 0.1) is 22.8 Å². The third kappa shape index (κ3) is 6.44. The normalized spacial score (nSPS) is 12.9. The molecule has 1 unspecified atom stereocenters. The van der Waals surface area contributed by atoms with Crippen molar-refractivity contribution >= 4 is 29.3 Å². The number of carbonyl (C=O) groups is 2. The maximum Gasteiger partial charge on any atom is 0.417 e. The largest absolute Gasteiger partial charge is 0.478 e. The number of carbonyl (C=O) groups excluding carboxylic acids is 1. The van der Waals surface area contributed by atoms with E-state index in [-0.39, 0.29) is 17.0 Å². The number of hydrogen-bond acceptors (Lipinski definition) is 5. The molecule has 6 nitrogen and oxygen atoms in total. The zero-order valence-electron chi connectivity index (χ0n) is 19.0. The van der Waals surface area contributed by atoms with Gasteiger partial charge in [0.25, 0.3) is 5.91 Å². The molecule has 0 aliphatic carbocycles. The van der Waals surface area contributed by atoms with E-state index in [1.54, 1.807) is 18.2 Å². The molecular formula is C26H21F3N2O4S. The van der Waals surface area contributed by atoms with Gasteiger partial charge in [0.1, 0.15) is 5.60 Å². The standard InChI is InChI=1S/C26H21F3N2O4S/c1-25(35,24(34)31-19-11-10-18(14-30)20(13-19)26(27,28)29)15-36-21-9-5-8-17(22(21)23(32)33)12-16-6-3-2-4-7-16/h2-11,13,35H,12,15H2,1H3,(H,31,34)(H,32,33). The van der Waals surface area contributed by atoms with Crippen LogP contribution in [0.25, 0.3) is 0 Å². The average molecular weight is 515 g/mol. The van der Waals surface area contributed by atoms with Crippen molar-refractivity contribution in [2.24, 2.45) is 0 Å². The summed E-state index contributed by atoms with van der Waals surface area (Å²) in [5.41, 5.74) is -2.59. The molecule has 0 bridgehead atoms. The summed E-state index contributed by atoms with van der Waals surface area (Å²) in [4.78, 5) is 25.0. The molecule has 1 atom stereocenters. The van der Waals surface area contributed by atoms with Crippen molar-refractivity contribution in [1.82, 2.24) is 0 Å². The number of nitrogens with one attached hydrogen (secondary N) is 1. The molecule has 0 spiro atoms. The highest BCUT2D eigenvalue weighted by Gasteiger charge is 2.35. The molecular weight excluding hydrogens is 493 g/mol. The minimum atomic E-state index is -4.80. The first kappa shape index (κ1) is 26.8. The van der Waals surface area contributed by atoms with Crippen molar-refractivity contribution in [3.8, 4) is 6.07 Å². The van der Waals surface area contributed by atoms with Gasteiger partial charge in [-0.25, -0.2) is 4.79 Å². The van der Waals surface area contributed by atoms with Crippen molar-refractivity contribution in [3.63, 3.8) is 0 Å². The van der Waals surface area contributed by atoms with Gasteiger partial charge >= 0.3 is 12.1 Å². The zero-order valence-corrected chi connectivity index (χ0v) is 19.8. The first-order valence-corrected chi connectivity index (χ1v) is 11.6. The summed E-state index contributed by atoms with van der Waals surface area (Å²) in [6, 6.07) is 18.3. The van der Waals surface area contributed by atoms with Gasteiger partial charge in [0.2, 0.25) is 0 Å². The van der Waals surface area contributed by atoms with E-state index in [1.165, 1.54) is 13.0 Å². The third-order valence-corrected chi connectivity index (χ3v) is 6.62. The number of anilines is 1. The summed E-state index contributed by atoms with van der Waals surface area (Å²) < 4.78 is 39.6. The molecule has 0 saturated carbocycles. The van der Waals surface area contributed by atoms with Crippen LogP contribution in [0.3, 0.4) is 0 Å². The SMILES string of the molecule is CC(O)(CSc1cccc(Cc2ccccc2)c1C(=O)O)C(=O)Nc1ccc(C#N)c(C(F)(F)F)c1. The Balaban J connectivity index is 1.78. The zero-order chi connectivity index (χ0) is 26.5. The van der Waals surface area contributed by atoms with Crippen molar-refractivity contribution < 1.29 is 33.0 Å². The number of aliphatic hydroxyl groups is 1. The van der Waals surface area contributed by atoms with Gasteiger partial charge in [0, 0.05) is 16.3 Å². The number of nitriles is 1. The monoisotopic (exact) mass is 514 g/mol. The van der Waals surface area contributed by atoms with Crippen LogP contribution < -0.4 is 5.32 Å². The maximum atomic E-state index is 13.2. The van der Waals surface area contributed by atoms with E-state index in [0.717, 1.165) is 29.5 Å². The van der Waals surface area contributed by atoms with Gasteiger partial charge in [-0.1, -0.05) is 42.5 Å². The minimum absolute atomic E-state index is 0.0458. The fraction of sp³-hybridized carbons (Fsp3) is 0.192. The third-order valence-electron chi connectivity index (χ3n) is 5.26. The molecule has 3 N–H and O–H groups in total. The van der Waals surface area contributed by atoms with Crippen molar-refractivity contribution in [3.05, 3.63) is 94.5 Å². The molecule has 36 heavy (non-hydrogen) atoms. The predicted molar refractivity (Wildman–Crippen MR) is 129 cm³/mol. The van der Waals surface area contributed by atoms with Crippen molar-refractivity contribution in [1.29, 1.82) is 5.26 Å². The molecule has 0 fully saturated rings. The summed E-state index contributed by atoms with van der Waals surface area (Å²) in [6.45, 7) is 1.18. The Bertz CT molecular complexity index is 1320. The lowest BCUT2D eigenvalue weighted by Gasteiger charge is -2.23. The molecule has 0 radical (unpaired) electrons. The molecule has 186 valence electrons. The predicted octanol–water partition coefficient (Wildman–Crippen LogP) is 5.35. The van der Waals surface area contributed by atoms with Crippen LogP contribution >= 0.6 is 11.8 Å². The van der Waals surface area contributed by atoms with Crippen LogP contribution in [0.15, 0.2) is 71.6 Å². The summed E-state index contributed by atoms with van der Waals surface area (Å²) in [7, 11) is 0. The van der Waals surface area contributed by atoms with Crippen LogP contribution in [0.4, 0.5) is 18.9 Å². The van der Waals surface area contributed by atoms with Crippen LogP contribution in [-0.2, 0) is 17.4 Å². The Morgan fingerprint density at radius 3 is 2.36 bits per heavy atom. The fourth-order valence-electron chi connectivity index (χ4n) is 3.41. The lowest BCUT2D eigenvalue weighted by Crippen LogP contribution is -2.42. The number of carboxylic acids is 1. The first-order valence-electron chi connectivity index (χ1n) is 10.6. The van der Waals surface area contributed by atoms with Crippen LogP contribution in [0, 0.1) is 11.3 Å². The second kappa shape index (κ2) is 10.8. The highest BCUT2D eigenvalue weighted by molar-refractivity contribution is 7.99. The van der Waals surface area contributed by atoms with Gasteiger partial charge in [0.15, 0.2) is 0 Å². The number of thioether (sulfide) groups is 1.